The number of nitrogens with zero attached hydrogens (tertiary/aromatic N) is 4. The Balaban J connectivity index is 0.000000293. The van der Waals surface area contributed by atoms with E-state index in [2.05, 4.69) is 50.8 Å². The number of carbonyl (C=O) groups is 1. The molecule has 2 rings (SSSR count). The lowest BCUT2D eigenvalue weighted by molar-refractivity contribution is 0.111. The molecule has 25 heavy (non-hydrogen) atoms. The van der Waals surface area contributed by atoms with E-state index in [0.717, 1.165) is 17.7 Å². The molecular weight excluding hydrogens is 332 g/mol. The number of aryl methyl sites for hydroxylation is 2. The average Bonchev–Trinajstić information content (AvgIpc) is 3.01. The molecule has 0 amide bonds. The smallest absolute Gasteiger partial charge is 0.192 e. The van der Waals surface area contributed by atoms with E-state index < -0.39 is 8.32 Å². The van der Waals surface area contributed by atoms with Crippen LogP contribution in [0.25, 0.3) is 0 Å². The highest BCUT2D eigenvalue weighted by Crippen LogP contribution is 2.37. The molecule has 0 fully saturated rings. The Bertz CT molecular complexity index is 711. The molecule has 0 radical (unpaired) electrons. The third-order valence-electron chi connectivity index (χ3n) is 5.09. The number of rotatable bonds is 4. The first-order valence-corrected chi connectivity index (χ1v) is 11.4. The molecule has 0 bridgehead atoms. The first-order valence-electron chi connectivity index (χ1n) is 8.44. The fraction of sp³-hybridized carbons (Fsp3) is 0.611. The lowest BCUT2D eigenvalue weighted by Crippen LogP contribution is -2.40. The van der Waals surface area contributed by atoms with Gasteiger partial charge in [-0.3, -0.25) is 4.79 Å². The van der Waals surface area contributed by atoms with Gasteiger partial charge in [0.15, 0.2) is 14.6 Å². The molecule has 0 atom stereocenters. The number of aldehydes is 1. The van der Waals surface area contributed by atoms with E-state index in [4.69, 9.17) is 4.43 Å². The minimum atomic E-state index is -1.65. The van der Waals surface area contributed by atoms with E-state index in [9.17, 15) is 4.79 Å². The molecular formula is C18H32N4O2Si. The minimum absolute atomic E-state index is 0.260. The topological polar surface area (TPSA) is 61.9 Å². The van der Waals surface area contributed by atoms with E-state index in [1.165, 1.54) is 5.69 Å². The summed E-state index contributed by atoms with van der Waals surface area (Å²) in [5, 5.41) is 0.260. The Morgan fingerprint density at radius 2 is 1.60 bits per heavy atom. The Morgan fingerprint density at radius 1 is 1.08 bits per heavy atom. The van der Waals surface area contributed by atoms with Gasteiger partial charge in [0.2, 0.25) is 0 Å². The highest BCUT2D eigenvalue weighted by Gasteiger charge is 2.37. The standard InChI is InChI=1S/C12H24N2OSi.C6H8N2O/c1-10-11(13-9-14(10)5)8-15-16(6,7)12(2,3)4;1-5-6(3-9)7-4-8(5)2/h9H,8H2,1-7H3;3-4H,1-2H3. The molecule has 0 aliphatic rings. The number of carbonyl (C=O) groups excluding carboxylic acids is 1. The Labute approximate surface area is 152 Å². The summed E-state index contributed by atoms with van der Waals surface area (Å²) in [7, 11) is 2.22. The van der Waals surface area contributed by atoms with Gasteiger partial charge in [-0.05, 0) is 32.0 Å². The van der Waals surface area contributed by atoms with Crippen LogP contribution in [0.5, 0.6) is 0 Å². The summed E-state index contributed by atoms with van der Waals surface area (Å²) in [6.07, 6.45) is 4.23. The predicted octanol–water partition coefficient (Wildman–Crippen LogP) is 3.79. The average molecular weight is 365 g/mol. The molecule has 2 heterocycles. The second-order valence-electron chi connectivity index (χ2n) is 7.88. The second kappa shape index (κ2) is 8.10. The summed E-state index contributed by atoms with van der Waals surface area (Å²) >= 11 is 0. The lowest BCUT2D eigenvalue weighted by atomic mass is 10.2. The molecule has 7 heteroatoms. The molecule has 2 aromatic rings. The van der Waals surface area contributed by atoms with Crippen LogP contribution < -0.4 is 0 Å². The third-order valence-corrected chi connectivity index (χ3v) is 9.57. The Kier molecular flexibility index (Phi) is 6.90. The van der Waals surface area contributed by atoms with Crippen LogP contribution in [-0.4, -0.2) is 33.7 Å². The van der Waals surface area contributed by atoms with Gasteiger partial charge in [-0.1, -0.05) is 20.8 Å². The fourth-order valence-electron chi connectivity index (χ4n) is 1.77. The molecule has 140 valence electrons. The number of imidazole rings is 2. The highest BCUT2D eigenvalue weighted by atomic mass is 28.4. The third kappa shape index (κ3) is 5.37. The van der Waals surface area contributed by atoms with Crippen molar-refractivity contribution in [3.8, 4) is 0 Å². The number of hydrogen-bond donors (Lipinski definition) is 0. The zero-order valence-corrected chi connectivity index (χ0v) is 18.0. The van der Waals surface area contributed by atoms with Crippen molar-refractivity contribution in [3.05, 3.63) is 35.4 Å². The van der Waals surface area contributed by atoms with Gasteiger partial charge in [0.05, 0.1) is 25.0 Å². The van der Waals surface area contributed by atoms with Crippen molar-refractivity contribution in [2.24, 2.45) is 14.1 Å². The van der Waals surface area contributed by atoms with Gasteiger partial charge >= 0.3 is 0 Å². The van der Waals surface area contributed by atoms with Crippen LogP contribution in [0, 0.1) is 13.8 Å². The van der Waals surface area contributed by atoms with Crippen LogP contribution in [0.4, 0.5) is 0 Å². The van der Waals surface area contributed by atoms with E-state index in [1.54, 1.807) is 6.33 Å². The Hall–Kier alpha value is -1.73. The Morgan fingerprint density at radius 3 is 1.92 bits per heavy atom. The predicted molar refractivity (Wildman–Crippen MR) is 103 cm³/mol. The van der Waals surface area contributed by atoms with Gasteiger partial charge in [0.1, 0.15) is 5.69 Å². The van der Waals surface area contributed by atoms with E-state index in [1.807, 2.05) is 36.5 Å². The molecule has 0 spiro atoms. The van der Waals surface area contributed by atoms with Crippen LogP contribution in [0.2, 0.25) is 18.1 Å². The molecule has 0 aliphatic heterocycles. The molecule has 0 saturated carbocycles. The van der Waals surface area contributed by atoms with Crippen LogP contribution in [0.3, 0.4) is 0 Å². The highest BCUT2D eigenvalue weighted by molar-refractivity contribution is 6.74. The quantitative estimate of drug-likeness (QED) is 0.612. The molecule has 0 saturated heterocycles. The van der Waals surface area contributed by atoms with Crippen LogP contribution in [0.15, 0.2) is 12.7 Å². The maximum absolute atomic E-state index is 10.2. The van der Waals surface area contributed by atoms with E-state index in [0.29, 0.717) is 12.3 Å². The lowest BCUT2D eigenvalue weighted by Gasteiger charge is -2.36. The first kappa shape index (κ1) is 21.3. The first-order chi connectivity index (χ1) is 11.4. The SMILES string of the molecule is Cc1c(C=O)ncn1C.Cc1c(CO[Si](C)(C)C(C)(C)C)ncn1C. The maximum Gasteiger partial charge on any atom is 0.192 e. The molecule has 0 unspecified atom stereocenters. The summed E-state index contributed by atoms with van der Waals surface area (Å²) in [4.78, 5) is 18.4. The van der Waals surface area contributed by atoms with Crippen molar-refractivity contribution in [1.29, 1.82) is 0 Å². The van der Waals surface area contributed by atoms with Crippen molar-refractivity contribution in [3.63, 3.8) is 0 Å². The second-order valence-corrected chi connectivity index (χ2v) is 12.7. The minimum Gasteiger partial charge on any atom is -0.411 e. The van der Waals surface area contributed by atoms with Crippen LogP contribution in [-0.2, 0) is 25.1 Å². The van der Waals surface area contributed by atoms with Gasteiger partial charge in [0, 0.05) is 25.5 Å². The van der Waals surface area contributed by atoms with Crippen molar-refractivity contribution in [1.82, 2.24) is 19.1 Å². The number of aromatic nitrogens is 4. The van der Waals surface area contributed by atoms with Gasteiger partial charge in [-0.15, -0.1) is 0 Å². The van der Waals surface area contributed by atoms with Gasteiger partial charge in [-0.25, -0.2) is 9.97 Å². The van der Waals surface area contributed by atoms with Gasteiger partial charge in [0.25, 0.3) is 0 Å². The summed E-state index contributed by atoms with van der Waals surface area (Å²) in [6, 6.07) is 0. The summed E-state index contributed by atoms with van der Waals surface area (Å²) < 4.78 is 9.98. The van der Waals surface area contributed by atoms with Crippen LogP contribution in [0.1, 0.15) is 48.3 Å². The number of hydrogen-bond acceptors (Lipinski definition) is 4. The van der Waals surface area contributed by atoms with Crippen LogP contribution >= 0.6 is 0 Å². The molecule has 0 aromatic carbocycles. The van der Waals surface area contributed by atoms with Crippen molar-refractivity contribution < 1.29 is 9.22 Å². The van der Waals surface area contributed by atoms with Crippen molar-refractivity contribution in [2.75, 3.05) is 0 Å². The zero-order chi connectivity index (χ0) is 19.4. The fourth-order valence-corrected chi connectivity index (χ4v) is 2.70. The summed E-state index contributed by atoms with van der Waals surface area (Å²) in [5.74, 6) is 0. The van der Waals surface area contributed by atoms with Gasteiger partial charge < -0.3 is 13.6 Å². The van der Waals surface area contributed by atoms with E-state index in [-0.39, 0.29) is 5.04 Å². The van der Waals surface area contributed by atoms with Crippen molar-refractivity contribution >= 4 is 14.6 Å². The monoisotopic (exact) mass is 364 g/mol. The maximum atomic E-state index is 10.2. The molecule has 2 aromatic heterocycles. The summed E-state index contributed by atoms with van der Waals surface area (Å²) in [5.41, 5.74) is 3.69. The molecule has 6 nitrogen and oxygen atoms in total. The largest absolute Gasteiger partial charge is 0.411 e. The van der Waals surface area contributed by atoms with Crippen molar-refractivity contribution in [2.45, 2.75) is 59.4 Å². The molecule has 0 N–H and O–H groups in total. The summed E-state index contributed by atoms with van der Waals surface area (Å²) in [6.45, 7) is 15.9. The normalized spacial score (nSPS) is 11.9. The molecule has 0 aliphatic carbocycles. The zero-order valence-electron chi connectivity index (χ0n) is 17.0. The van der Waals surface area contributed by atoms with Gasteiger partial charge in [-0.2, -0.15) is 0 Å². The van der Waals surface area contributed by atoms with E-state index >= 15 is 0 Å².